The molecule has 4 nitrogen and oxygen atoms in total. The molecule has 2 aromatic rings. The monoisotopic (exact) mass is 389 g/mol. The molecule has 0 saturated heterocycles. The maximum absolute atomic E-state index is 14.0. The molecule has 0 fully saturated rings. The van der Waals surface area contributed by atoms with E-state index in [0.29, 0.717) is 17.1 Å². The first kappa shape index (κ1) is 15.0. The molecule has 1 N–H and O–H groups in total. The highest BCUT2D eigenvalue weighted by atomic mass is 127. The molecule has 1 atom stereocenters. The number of hydrogen-bond donors (Lipinski definition) is 1. The highest BCUT2D eigenvalue weighted by Crippen LogP contribution is 2.33. The minimum absolute atomic E-state index is 0.177. The quantitative estimate of drug-likeness (QED) is 0.646. The van der Waals surface area contributed by atoms with Gasteiger partial charge in [0.25, 0.3) is 0 Å². The SMILES string of the molecule is COc1ccc(C(O)c2ccnc(I)c2F)cc1OC. The number of hydrogen-bond acceptors (Lipinski definition) is 4. The van der Waals surface area contributed by atoms with Crippen LogP contribution in [0.1, 0.15) is 17.2 Å². The minimum atomic E-state index is -1.09. The van der Waals surface area contributed by atoms with Gasteiger partial charge in [-0.3, -0.25) is 0 Å². The molecule has 0 aliphatic heterocycles. The lowest BCUT2D eigenvalue weighted by atomic mass is 10.0. The van der Waals surface area contributed by atoms with Gasteiger partial charge in [-0.2, -0.15) is 0 Å². The normalized spacial score (nSPS) is 12.1. The van der Waals surface area contributed by atoms with Crippen LogP contribution in [0.2, 0.25) is 0 Å². The second-order valence-electron chi connectivity index (χ2n) is 4.02. The van der Waals surface area contributed by atoms with E-state index in [2.05, 4.69) is 4.98 Å². The molecule has 6 heteroatoms. The zero-order valence-corrected chi connectivity index (χ0v) is 13.1. The number of rotatable bonds is 4. The summed E-state index contributed by atoms with van der Waals surface area (Å²) in [6.45, 7) is 0. The Hall–Kier alpha value is -1.41. The van der Waals surface area contributed by atoms with Gasteiger partial charge in [-0.1, -0.05) is 6.07 Å². The van der Waals surface area contributed by atoms with Gasteiger partial charge in [0.15, 0.2) is 17.3 Å². The van der Waals surface area contributed by atoms with Crippen molar-refractivity contribution in [2.75, 3.05) is 14.2 Å². The van der Waals surface area contributed by atoms with Crippen molar-refractivity contribution in [3.05, 3.63) is 51.1 Å². The van der Waals surface area contributed by atoms with Crippen LogP contribution in [0.25, 0.3) is 0 Å². The summed E-state index contributed by atoms with van der Waals surface area (Å²) in [6, 6.07) is 6.41. The van der Waals surface area contributed by atoms with Crippen LogP contribution in [-0.4, -0.2) is 24.3 Å². The number of aromatic nitrogens is 1. The van der Waals surface area contributed by atoms with Gasteiger partial charge in [-0.05, 0) is 46.4 Å². The van der Waals surface area contributed by atoms with Crippen LogP contribution in [0, 0.1) is 9.52 Å². The second kappa shape index (κ2) is 6.36. The summed E-state index contributed by atoms with van der Waals surface area (Å²) in [7, 11) is 3.03. The Kier molecular flexibility index (Phi) is 4.77. The predicted octanol–water partition coefficient (Wildman–Crippen LogP) is 2.92. The standard InChI is InChI=1S/C14H13FINO3/c1-19-10-4-3-8(7-11(10)20-2)13(18)9-5-6-17-14(16)12(9)15/h3-7,13,18H,1-2H3. The van der Waals surface area contributed by atoms with E-state index in [4.69, 9.17) is 9.47 Å². The molecule has 0 amide bonds. The molecule has 1 aromatic heterocycles. The van der Waals surface area contributed by atoms with Gasteiger partial charge in [0.05, 0.1) is 14.2 Å². The maximum atomic E-state index is 14.0. The fourth-order valence-electron chi connectivity index (χ4n) is 1.85. The van der Waals surface area contributed by atoms with Crippen molar-refractivity contribution in [1.29, 1.82) is 0 Å². The summed E-state index contributed by atoms with van der Waals surface area (Å²) in [4.78, 5) is 3.83. The van der Waals surface area contributed by atoms with Gasteiger partial charge in [-0.25, -0.2) is 9.37 Å². The number of aliphatic hydroxyl groups excluding tert-OH is 1. The number of aliphatic hydroxyl groups is 1. The van der Waals surface area contributed by atoms with Gasteiger partial charge >= 0.3 is 0 Å². The number of pyridine rings is 1. The molecule has 20 heavy (non-hydrogen) atoms. The molecule has 0 saturated carbocycles. The zero-order chi connectivity index (χ0) is 14.7. The van der Waals surface area contributed by atoms with Crippen molar-refractivity contribution in [3.63, 3.8) is 0 Å². The fraction of sp³-hybridized carbons (Fsp3) is 0.214. The summed E-state index contributed by atoms with van der Waals surface area (Å²) in [5.74, 6) is 0.511. The minimum Gasteiger partial charge on any atom is -0.493 e. The van der Waals surface area contributed by atoms with Crippen molar-refractivity contribution in [2.45, 2.75) is 6.10 Å². The Labute approximate surface area is 129 Å². The molecule has 2 rings (SSSR count). The fourth-order valence-corrected chi connectivity index (χ4v) is 2.32. The van der Waals surface area contributed by atoms with E-state index in [1.807, 2.05) is 0 Å². The highest BCUT2D eigenvalue weighted by molar-refractivity contribution is 14.1. The topological polar surface area (TPSA) is 51.6 Å². The first-order chi connectivity index (χ1) is 9.58. The molecule has 106 valence electrons. The number of halogens is 2. The summed E-state index contributed by atoms with van der Waals surface area (Å²) < 4.78 is 24.5. The number of benzene rings is 1. The molecule has 1 aromatic carbocycles. The largest absolute Gasteiger partial charge is 0.493 e. The lowest BCUT2D eigenvalue weighted by Gasteiger charge is -2.15. The Morgan fingerprint density at radius 3 is 2.55 bits per heavy atom. The van der Waals surface area contributed by atoms with E-state index < -0.39 is 11.9 Å². The average molecular weight is 389 g/mol. The molecule has 0 bridgehead atoms. The summed E-state index contributed by atoms with van der Waals surface area (Å²) in [6.07, 6.45) is 0.371. The van der Waals surface area contributed by atoms with E-state index in [1.54, 1.807) is 40.8 Å². The van der Waals surface area contributed by atoms with E-state index >= 15 is 0 Å². The smallest absolute Gasteiger partial charge is 0.161 e. The molecular formula is C14H13FINO3. The van der Waals surface area contributed by atoms with E-state index in [9.17, 15) is 9.50 Å². The van der Waals surface area contributed by atoms with Crippen LogP contribution >= 0.6 is 22.6 Å². The van der Waals surface area contributed by atoms with E-state index in [-0.39, 0.29) is 9.26 Å². The van der Waals surface area contributed by atoms with Gasteiger partial charge in [0.2, 0.25) is 0 Å². The van der Waals surface area contributed by atoms with Crippen LogP contribution in [0.3, 0.4) is 0 Å². The number of ether oxygens (including phenoxy) is 2. The summed E-state index contributed by atoms with van der Waals surface area (Å²) in [5, 5.41) is 10.3. The van der Waals surface area contributed by atoms with Crippen molar-refractivity contribution >= 4 is 22.6 Å². The van der Waals surface area contributed by atoms with Crippen molar-refractivity contribution in [1.82, 2.24) is 4.98 Å². The molecule has 0 radical (unpaired) electrons. The Balaban J connectivity index is 2.43. The first-order valence-electron chi connectivity index (χ1n) is 5.78. The third-order valence-electron chi connectivity index (χ3n) is 2.89. The lowest BCUT2D eigenvalue weighted by Crippen LogP contribution is -2.05. The predicted molar refractivity (Wildman–Crippen MR) is 80.5 cm³/mol. The maximum Gasteiger partial charge on any atom is 0.161 e. The third-order valence-corrected chi connectivity index (χ3v) is 3.65. The Morgan fingerprint density at radius 2 is 1.90 bits per heavy atom. The zero-order valence-electron chi connectivity index (χ0n) is 10.9. The van der Waals surface area contributed by atoms with Crippen LogP contribution in [-0.2, 0) is 0 Å². The molecule has 1 heterocycles. The van der Waals surface area contributed by atoms with E-state index in [0.717, 1.165) is 0 Å². The highest BCUT2D eigenvalue weighted by Gasteiger charge is 2.19. The summed E-state index contributed by atoms with van der Waals surface area (Å²) >= 11 is 1.79. The van der Waals surface area contributed by atoms with Gasteiger partial charge in [-0.15, -0.1) is 0 Å². The summed E-state index contributed by atoms with van der Waals surface area (Å²) in [5.41, 5.74) is 0.695. The molecule has 0 spiro atoms. The molecule has 1 unspecified atom stereocenters. The average Bonchev–Trinajstić information content (AvgIpc) is 2.48. The van der Waals surface area contributed by atoms with Crippen LogP contribution in [0.15, 0.2) is 30.5 Å². The van der Waals surface area contributed by atoms with Gasteiger partial charge < -0.3 is 14.6 Å². The van der Waals surface area contributed by atoms with Crippen LogP contribution in [0.4, 0.5) is 4.39 Å². The van der Waals surface area contributed by atoms with Gasteiger partial charge in [0, 0.05) is 11.8 Å². The Bertz CT molecular complexity index is 621. The first-order valence-corrected chi connectivity index (χ1v) is 6.86. The lowest BCUT2D eigenvalue weighted by molar-refractivity contribution is 0.213. The van der Waals surface area contributed by atoms with E-state index in [1.165, 1.54) is 26.5 Å². The van der Waals surface area contributed by atoms with Gasteiger partial charge in [0.1, 0.15) is 9.80 Å². The van der Waals surface area contributed by atoms with Crippen molar-refractivity contribution < 1.29 is 19.0 Å². The third kappa shape index (κ3) is 2.85. The number of nitrogens with zero attached hydrogens (tertiary/aromatic N) is 1. The van der Waals surface area contributed by atoms with Crippen molar-refractivity contribution in [2.24, 2.45) is 0 Å². The van der Waals surface area contributed by atoms with Crippen LogP contribution < -0.4 is 9.47 Å². The van der Waals surface area contributed by atoms with Crippen LogP contribution in [0.5, 0.6) is 11.5 Å². The Morgan fingerprint density at radius 1 is 1.20 bits per heavy atom. The molecular weight excluding hydrogens is 376 g/mol. The molecule has 0 aliphatic rings. The second-order valence-corrected chi connectivity index (χ2v) is 5.04. The molecule has 0 aliphatic carbocycles. The van der Waals surface area contributed by atoms with Crippen molar-refractivity contribution in [3.8, 4) is 11.5 Å². The number of methoxy groups -OCH3 is 2.